The van der Waals surface area contributed by atoms with E-state index >= 15 is 0 Å². The average molecular weight is 419 g/mol. The number of hydrogen-bond acceptors (Lipinski definition) is 7. The molecule has 0 radical (unpaired) electrons. The van der Waals surface area contributed by atoms with Crippen molar-refractivity contribution in [3.05, 3.63) is 35.9 Å². The number of aromatic nitrogens is 3. The second-order valence-electron chi connectivity index (χ2n) is 7.28. The highest BCUT2D eigenvalue weighted by molar-refractivity contribution is 7.92. The lowest BCUT2D eigenvalue weighted by molar-refractivity contribution is -0.00539. The van der Waals surface area contributed by atoms with Gasteiger partial charge in [0.1, 0.15) is 38.3 Å². The van der Waals surface area contributed by atoms with Crippen LogP contribution in [0.1, 0.15) is 19.7 Å². The van der Waals surface area contributed by atoms with Gasteiger partial charge in [0.25, 0.3) is 0 Å². The molecule has 3 aromatic rings. The number of nitrogens with one attached hydrogen (secondary N) is 1. The monoisotopic (exact) mass is 419 g/mol. The topological polar surface area (TPSA) is 114 Å². The third-order valence-electron chi connectivity index (χ3n) is 4.84. The minimum absolute atomic E-state index is 0.0157. The molecule has 1 fully saturated rings. The number of aromatic amines is 1. The predicted molar refractivity (Wildman–Crippen MR) is 107 cm³/mol. The van der Waals surface area contributed by atoms with E-state index in [-0.39, 0.29) is 28.4 Å². The van der Waals surface area contributed by atoms with Gasteiger partial charge in [-0.2, -0.15) is 0 Å². The summed E-state index contributed by atoms with van der Waals surface area (Å²) in [7, 11) is -4.23. The predicted octanol–water partition coefficient (Wildman–Crippen LogP) is 2.43. The van der Waals surface area contributed by atoms with Gasteiger partial charge in [0.15, 0.2) is 5.82 Å². The molecule has 4 rings (SSSR count). The lowest BCUT2D eigenvalue weighted by Crippen LogP contribution is -2.46. The third-order valence-corrected chi connectivity index (χ3v) is 6.70. The third kappa shape index (κ3) is 3.32. The summed E-state index contributed by atoms with van der Waals surface area (Å²) in [6.45, 7) is 6.78. The number of hydrogen-bond donors (Lipinski definition) is 2. The van der Waals surface area contributed by atoms with Gasteiger partial charge in [0.05, 0.1) is 12.2 Å². The first kappa shape index (κ1) is 19.6. The maximum atomic E-state index is 14.3. The molecule has 0 aliphatic carbocycles. The fraction of sp³-hybridized carbons (Fsp3) is 0.368. The van der Waals surface area contributed by atoms with Crippen LogP contribution in [0.5, 0.6) is 0 Å². The number of benzene rings is 1. The summed E-state index contributed by atoms with van der Waals surface area (Å²) in [5, 5.41) is 0. The highest BCUT2D eigenvalue weighted by atomic mass is 32.2. The van der Waals surface area contributed by atoms with E-state index in [0.29, 0.717) is 30.2 Å². The number of ether oxygens (including phenoxy) is 1. The van der Waals surface area contributed by atoms with Gasteiger partial charge in [0, 0.05) is 13.1 Å². The quantitative estimate of drug-likeness (QED) is 0.670. The Labute approximate surface area is 167 Å². The molecule has 0 unspecified atom stereocenters. The van der Waals surface area contributed by atoms with E-state index in [1.165, 1.54) is 18.2 Å². The standard InChI is InChI=1S/C19H22FN5O3S/c1-10-8-25(9-11(2)28-10)19-16-15(22-12(3)23-19)17(18(21)24-16)29(26,27)14-7-5-4-6-13(14)20/h4-7,10-11,24H,8-9,21H2,1-3H3/t10-,11-/m1/s1. The molecule has 1 aromatic carbocycles. The Morgan fingerprint density at radius 2 is 1.86 bits per heavy atom. The smallest absolute Gasteiger partial charge is 0.215 e. The van der Waals surface area contributed by atoms with Crippen LogP contribution in [-0.2, 0) is 14.6 Å². The Bertz CT molecular complexity index is 1180. The number of sulfone groups is 1. The number of H-pyrrole nitrogens is 1. The fourth-order valence-electron chi connectivity index (χ4n) is 3.78. The number of nitrogen functional groups attached to an aromatic ring is 1. The number of nitrogens with zero attached hydrogens (tertiary/aromatic N) is 3. The van der Waals surface area contributed by atoms with E-state index in [9.17, 15) is 12.8 Å². The summed E-state index contributed by atoms with van der Waals surface area (Å²) >= 11 is 0. The van der Waals surface area contributed by atoms with Crippen LogP contribution in [0.25, 0.3) is 11.0 Å². The second kappa shape index (κ2) is 6.96. The van der Waals surface area contributed by atoms with Crippen molar-refractivity contribution in [3.63, 3.8) is 0 Å². The SMILES string of the molecule is Cc1nc(N2C[C@@H](C)O[C@H](C)C2)c2[nH]c(N)c(S(=O)(=O)c3ccccc3F)c2n1. The number of nitrogens with two attached hydrogens (primary N) is 1. The summed E-state index contributed by atoms with van der Waals surface area (Å²) in [5.41, 5.74) is 6.62. The maximum Gasteiger partial charge on any atom is 0.215 e. The van der Waals surface area contributed by atoms with Crippen molar-refractivity contribution in [3.8, 4) is 0 Å². The lowest BCUT2D eigenvalue weighted by Gasteiger charge is -2.36. The van der Waals surface area contributed by atoms with Crippen LogP contribution >= 0.6 is 0 Å². The number of rotatable bonds is 3. The van der Waals surface area contributed by atoms with Crippen molar-refractivity contribution in [2.75, 3.05) is 23.7 Å². The molecule has 0 bridgehead atoms. The van der Waals surface area contributed by atoms with Crippen LogP contribution in [0.3, 0.4) is 0 Å². The number of halogens is 1. The van der Waals surface area contributed by atoms with E-state index in [1.807, 2.05) is 18.7 Å². The summed E-state index contributed by atoms with van der Waals surface area (Å²) in [6.07, 6.45) is -0.0315. The van der Waals surface area contributed by atoms with Crippen LogP contribution in [0, 0.1) is 12.7 Å². The molecule has 1 saturated heterocycles. The van der Waals surface area contributed by atoms with E-state index in [1.54, 1.807) is 6.92 Å². The van der Waals surface area contributed by atoms with Crippen LogP contribution in [0.15, 0.2) is 34.1 Å². The van der Waals surface area contributed by atoms with Crippen LogP contribution in [-0.4, -0.2) is 48.7 Å². The van der Waals surface area contributed by atoms with E-state index < -0.39 is 20.5 Å². The summed E-state index contributed by atoms with van der Waals surface area (Å²) in [6, 6.07) is 5.20. The van der Waals surface area contributed by atoms with Gasteiger partial charge in [0.2, 0.25) is 9.84 Å². The van der Waals surface area contributed by atoms with Gasteiger partial charge in [-0.15, -0.1) is 0 Å². The number of aryl methyl sites for hydroxylation is 1. The number of fused-ring (bicyclic) bond motifs is 1. The lowest BCUT2D eigenvalue weighted by atomic mass is 10.2. The van der Waals surface area contributed by atoms with Crippen LogP contribution < -0.4 is 10.6 Å². The van der Waals surface area contributed by atoms with Crippen molar-refractivity contribution in [2.45, 2.75) is 42.8 Å². The molecule has 0 spiro atoms. The fourth-order valence-corrected chi connectivity index (χ4v) is 5.33. The van der Waals surface area contributed by atoms with Crippen molar-refractivity contribution in [2.24, 2.45) is 0 Å². The Morgan fingerprint density at radius 1 is 1.21 bits per heavy atom. The Balaban J connectivity index is 1.94. The van der Waals surface area contributed by atoms with Crippen molar-refractivity contribution in [1.29, 1.82) is 0 Å². The molecule has 0 saturated carbocycles. The Hall–Kier alpha value is -2.72. The first-order valence-electron chi connectivity index (χ1n) is 9.24. The highest BCUT2D eigenvalue weighted by Gasteiger charge is 2.32. The van der Waals surface area contributed by atoms with Gasteiger partial charge in [-0.1, -0.05) is 12.1 Å². The van der Waals surface area contributed by atoms with Gasteiger partial charge in [-0.05, 0) is 32.9 Å². The average Bonchev–Trinajstić information content (AvgIpc) is 2.96. The van der Waals surface area contributed by atoms with Gasteiger partial charge in [-0.25, -0.2) is 22.8 Å². The Kier molecular flexibility index (Phi) is 4.70. The molecular weight excluding hydrogens is 397 g/mol. The van der Waals surface area contributed by atoms with Crippen molar-refractivity contribution in [1.82, 2.24) is 15.0 Å². The minimum atomic E-state index is -4.23. The summed E-state index contributed by atoms with van der Waals surface area (Å²) < 4.78 is 46.5. The van der Waals surface area contributed by atoms with E-state index in [2.05, 4.69) is 15.0 Å². The summed E-state index contributed by atoms with van der Waals surface area (Å²) in [5.74, 6) is 0.00121. The van der Waals surface area contributed by atoms with Gasteiger partial charge < -0.3 is 20.4 Å². The first-order chi connectivity index (χ1) is 13.7. The zero-order valence-corrected chi connectivity index (χ0v) is 17.1. The molecule has 1 aliphatic rings. The second-order valence-corrected chi connectivity index (χ2v) is 9.14. The zero-order chi connectivity index (χ0) is 20.9. The molecule has 8 nitrogen and oxygen atoms in total. The molecule has 1 aliphatic heterocycles. The summed E-state index contributed by atoms with van der Waals surface area (Å²) in [4.78, 5) is 13.1. The maximum absolute atomic E-state index is 14.3. The first-order valence-corrected chi connectivity index (χ1v) is 10.7. The Morgan fingerprint density at radius 3 is 2.52 bits per heavy atom. The highest BCUT2D eigenvalue weighted by Crippen LogP contribution is 2.36. The molecular formula is C19H22FN5O3S. The largest absolute Gasteiger partial charge is 0.384 e. The van der Waals surface area contributed by atoms with Gasteiger partial charge in [-0.3, -0.25) is 0 Å². The van der Waals surface area contributed by atoms with E-state index in [0.717, 1.165) is 6.07 Å². The van der Waals surface area contributed by atoms with Crippen LogP contribution in [0.2, 0.25) is 0 Å². The molecule has 3 heterocycles. The van der Waals surface area contributed by atoms with Gasteiger partial charge >= 0.3 is 0 Å². The normalized spacial score (nSPS) is 20.3. The molecule has 29 heavy (non-hydrogen) atoms. The molecule has 3 N–H and O–H groups in total. The molecule has 154 valence electrons. The zero-order valence-electron chi connectivity index (χ0n) is 16.3. The van der Waals surface area contributed by atoms with E-state index in [4.69, 9.17) is 10.5 Å². The molecule has 2 aromatic heterocycles. The molecule has 0 amide bonds. The van der Waals surface area contributed by atoms with Crippen LogP contribution in [0.4, 0.5) is 16.0 Å². The molecule has 10 heteroatoms. The molecule has 2 atom stereocenters. The van der Waals surface area contributed by atoms with Crippen molar-refractivity contribution < 1.29 is 17.5 Å². The number of morpholine rings is 1. The number of anilines is 2. The van der Waals surface area contributed by atoms with Crippen molar-refractivity contribution >= 4 is 32.5 Å². The minimum Gasteiger partial charge on any atom is -0.384 e.